The van der Waals surface area contributed by atoms with Gasteiger partial charge in [0.1, 0.15) is 18.0 Å². The van der Waals surface area contributed by atoms with E-state index < -0.39 is 5.60 Å². The maximum atomic E-state index is 12.7. The van der Waals surface area contributed by atoms with Crippen LogP contribution in [0.4, 0.5) is 0 Å². The van der Waals surface area contributed by atoms with Gasteiger partial charge in [0.15, 0.2) is 0 Å². The topological polar surface area (TPSA) is 50.8 Å². The number of benzene rings is 1. The first-order valence-electron chi connectivity index (χ1n) is 9.09. The molecule has 1 aromatic rings. The van der Waals surface area contributed by atoms with Crippen molar-refractivity contribution in [2.75, 3.05) is 39.4 Å². The van der Waals surface area contributed by atoms with Crippen LogP contribution in [0, 0.1) is 6.92 Å². The molecule has 2 aliphatic heterocycles. The van der Waals surface area contributed by atoms with E-state index in [0.29, 0.717) is 26.2 Å². The van der Waals surface area contributed by atoms with Crippen LogP contribution in [0.1, 0.15) is 31.2 Å². The molecule has 0 unspecified atom stereocenters. The van der Waals surface area contributed by atoms with Crippen LogP contribution < -0.4 is 10.1 Å². The van der Waals surface area contributed by atoms with Gasteiger partial charge in [0, 0.05) is 31.2 Å². The van der Waals surface area contributed by atoms with Gasteiger partial charge in [-0.3, -0.25) is 4.79 Å². The number of amides is 1. The van der Waals surface area contributed by atoms with E-state index in [9.17, 15) is 4.79 Å². The lowest BCUT2D eigenvalue weighted by atomic mass is 9.97. The van der Waals surface area contributed by atoms with Crippen LogP contribution in [0.5, 0.6) is 5.75 Å². The predicted octanol–water partition coefficient (Wildman–Crippen LogP) is 2.79. The minimum Gasteiger partial charge on any atom is -0.491 e. The zero-order chi connectivity index (χ0) is 17.7. The van der Waals surface area contributed by atoms with Crippen molar-refractivity contribution >= 4 is 17.5 Å². The number of carbonyl (C=O) groups is 1. The molecule has 0 aromatic heterocycles. The molecule has 25 heavy (non-hydrogen) atoms. The number of morpholine rings is 1. The second-order valence-electron chi connectivity index (χ2n) is 7.03. The zero-order valence-corrected chi connectivity index (χ0v) is 15.6. The highest BCUT2D eigenvalue weighted by atomic mass is 35.5. The second-order valence-corrected chi connectivity index (χ2v) is 7.43. The Labute approximate surface area is 154 Å². The molecule has 2 fully saturated rings. The zero-order valence-electron chi connectivity index (χ0n) is 14.9. The summed E-state index contributed by atoms with van der Waals surface area (Å²) in [5.74, 6) is 0.917. The summed E-state index contributed by atoms with van der Waals surface area (Å²) in [6.07, 6.45) is 3.76. The van der Waals surface area contributed by atoms with Gasteiger partial charge in [-0.25, -0.2) is 0 Å². The molecule has 1 aromatic carbocycles. The molecule has 2 aliphatic rings. The monoisotopic (exact) mass is 366 g/mol. The van der Waals surface area contributed by atoms with E-state index in [1.165, 1.54) is 6.42 Å². The van der Waals surface area contributed by atoms with Gasteiger partial charge in [0.25, 0.3) is 0 Å². The normalized spacial score (nSPS) is 24.2. The number of nitrogens with one attached hydrogen (secondary N) is 1. The van der Waals surface area contributed by atoms with Gasteiger partial charge in [-0.15, -0.1) is 0 Å². The number of nitrogens with zero attached hydrogens (tertiary/aromatic N) is 1. The van der Waals surface area contributed by atoms with Crippen molar-refractivity contribution in [3.63, 3.8) is 0 Å². The molecule has 0 saturated carbocycles. The summed E-state index contributed by atoms with van der Waals surface area (Å²) in [7, 11) is 0. The van der Waals surface area contributed by atoms with Gasteiger partial charge in [-0.05, 0) is 49.9 Å². The maximum absolute atomic E-state index is 12.7. The number of carbonyl (C=O) groups excluding carboxylic acids is 1. The molecule has 2 heterocycles. The molecule has 1 N–H and O–H groups in total. The third-order valence-corrected chi connectivity index (χ3v) is 5.37. The van der Waals surface area contributed by atoms with E-state index in [2.05, 4.69) is 5.32 Å². The molecule has 6 heteroatoms. The molecule has 1 amide bonds. The molecule has 1 atom stereocenters. The van der Waals surface area contributed by atoms with Gasteiger partial charge in [0.05, 0.1) is 13.0 Å². The molecule has 0 spiro atoms. The summed E-state index contributed by atoms with van der Waals surface area (Å²) in [5.41, 5.74) is 0.362. The molecular formula is C19H27ClN2O3. The Balaban J connectivity index is 1.65. The highest BCUT2D eigenvalue weighted by molar-refractivity contribution is 6.31. The third-order valence-electron chi connectivity index (χ3n) is 4.95. The van der Waals surface area contributed by atoms with Gasteiger partial charge in [0.2, 0.25) is 5.91 Å². The molecule has 0 radical (unpaired) electrons. The quantitative estimate of drug-likeness (QED) is 0.870. The van der Waals surface area contributed by atoms with Gasteiger partial charge >= 0.3 is 0 Å². The van der Waals surface area contributed by atoms with Crippen molar-refractivity contribution in [3.8, 4) is 5.75 Å². The molecule has 3 rings (SSSR count). The van der Waals surface area contributed by atoms with Gasteiger partial charge in [-0.1, -0.05) is 11.6 Å². The van der Waals surface area contributed by atoms with E-state index in [4.69, 9.17) is 21.1 Å². The number of likely N-dealkylation sites (tertiary alicyclic amines) is 1. The molecule has 5 nitrogen and oxygen atoms in total. The highest BCUT2D eigenvalue weighted by Crippen LogP contribution is 2.25. The average molecular weight is 367 g/mol. The van der Waals surface area contributed by atoms with E-state index in [-0.39, 0.29) is 5.91 Å². The van der Waals surface area contributed by atoms with Crippen molar-refractivity contribution in [2.45, 2.75) is 38.2 Å². The Morgan fingerprint density at radius 1 is 1.36 bits per heavy atom. The fourth-order valence-corrected chi connectivity index (χ4v) is 3.53. The Morgan fingerprint density at radius 2 is 2.16 bits per heavy atom. The van der Waals surface area contributed by atoms with E-state index in [1.807, 2.05) is 30.0 Å². The van der Waals surface area contributed by atoms with Crippen molar-refractivity contribution in [2.24, 2.45) is 0 Å². The number of hydrogen-bond donors (Lipinski definition) is 1. The van der Waals surface area contributed by atoms with Crippen LogP contribution >= 0.6 is 11.6 Å². The summed E-state index contributed by atoms with van der Waals surface area (Å²) in [6, 6.07) is 5.60. The number of halogens is 1. The van der Waals surface area contributed by atoms with Crippen LogP contribution in [0.2, 0.25) is 5.02 Å². The summed E-state index contributed by atoms with van der Waals surface area (Å²) in [4.78, 5) is 14.7. The number of aryl methyl sites for hydroxylation is 1. The summed E-state index contributed by atoms with van der Waals surface area (Å²) < 4.78 is 12.0. The minimum atomic E-state index is -0.611. The summed E-state index contributed by atoms with van der Waals surface area (Å²) in [5, 5.41) is 4.06. The summed E-state index contributed by atoms with van der Waals surface area (Å²) >= 11 is 6.07. The van der Waals surface area contributed by atoms with E-state index in [0.717, 1.165) is 48.8 Å². The van der Waals surface area contributed by atoms with Crippen molar-refractivity contribution in [1.82, 2.24) is 10.2 Å². The molecule has 138 valence electrons. The standard InChI is InChI=1S/C19H27ClN2O3/c1-15-11-16(5-6-17(15)20)24-14-19(13-21-7-10-25-19)12-18(23)22-8-3-2-4-9-22/h5-6,11,21H,2-4,7-10,12-14H2,1H3/t19-/m0/s1. The van der Waals surface area contributed by atoms with Gasteiger partial charge < -0.3 is 19.7 Å². The lowest BCUT2D eigenvalue weighted by Gasteiger charge is -2.38. The first-order valence-corrected chi connectivity index (χ1v) is 9.47. The molecule has 0 aliphatic carbocycles. The molecule has 0 bridgehead atoms. The fraction of sp³-hybridized carbons (Fsp3) is 0.632. The average Bonchev–Trinajstić information content (AvgIpc) is 2.64. The van der Waals surface area contributed by atoms with Crippen LogP contribution in [-0.4, -0.2) is 55.8 Å². The van der Waals surface area contributed by atoms with E-state index >= 15 is 0 Å². The minimum absolute atomic E-state index is 0.166. The third kappa shape index (κ3) is 4.87. The number of piperidine rings is 1. The summed E-state index contributed by atoms with van der Waals surface area (Å²) in [6.45, 7) is 6.04. The largest absolute Gasteiger partial charge is 0.491 e. The number of ether oxygens (including phenoxy) is 2. The number of rotatable bonds is 5. The van der Waals surface area contributed by atoms with Crippen molar-refractivity contribution in [3.05, 3.63) is 28.8 Å². The first-order chi connectivity index (χ1) is 12.1. The highest BCUT2D eigenvalue weighted by Gasteiger charge is 2.38. The maximum Gasteiger partial charge on any atom is 0.225 e. The Hall–Kier alpha value is -1.30. The van der Waals surface area contributed by atoms with Crippen LogP contribution in [0.25, 0.3) is 0 Å². The SMILES string of the molecule is Cc1cc(OC[C@]2(CC(=O)N3CCCCC3)CNCCO2)ccc1Cl. The smallest absolute Gasteiger partial charge is 0.225 e. The van der Waals surface area contributed by atoms with Crippen LogP contribution in [-0.2, 0) is 9.53 Å². The number of hydrogen-bond acceptors (Lipinski definition) is 4. The predicted molar refractivity (Wildman–Crippen MR) is 98.3 cm³/mol. The van der Waals surface area contributed by atoms with Crippen molar-refractivity contribution in [1.29, 1.82) is 0 Å². The van der Waals surface area contributed by atoms with Crippen LogP contribution in [0.15, 0.2) is 18.2 Å². The van der Waals surface area contributed by atoms with Crippen molar-refractivity contribution < 1.29 is 14.3 Å². The van der Waals surface area contributed by atoms with Crippen LogP contribution in [0.3, 0.4) is 0 Å². The van der Waals surface area contributed by atoms with Gasteiger partial charge in [-0.2, -0.15) is 0 Å². The second kappa shape index (κ2) is 8.39. The Bertz CT molecular complexity index is 596. The first kappa shape index (κ1) is 18.5. The molecule has 2 saturated heterocycles. The lowest BCUT2D eigenvalue weighted by molar-refractivity contribution is -0.146. The van der Waals surface area contributed by atoms with E-state index in [1.54, 1.807) is 0 Å². The Morgan fingerprint density at radius 3 is 2.84 bits per heavy atom. The Kier molecular flexibility index (Phi) is 6.20. The molecular weight excluding hydrogens is 340 g/mol. The lowest BCUT2D eigenvalue weighted by Crippen LogP contribution is -2.56. The fourth-order valence-electron chi connectivity index (χ4n) is 3.42.